The molecule has 178 valence electrons. The Bertz CT molecular complexity index is 1330. The molecule has 0 atom stereocenters. The van der Waals surface area contributed by atoms with Gasteiger partial charge in [-0.1, -0.05) is 23.7 Å². The smallest absolute Gasteiger partial charge is 0.265 e. The second-order valence-electron chi connectivity index (χ2n) is 8.41. The fourth-order valence-electron chi connectivity index (χ4n) is 3.85. The van der Waals surface area contributed by atoms with Crippen LogP contribution in [0.4, 0.5) is 10.2 Å². The number of hydrogen-bond acceptors (Lipinski definition) is 6. The van der Waals surface area contributed by atoms with Crippen molar-refractivity contribution in [2.24, 2.45) is 0 Å². The van der Waals surface area contributed by atoms with Crippen molar-refractivity contribution in [3.63, 3.8) is 0 Å². The maximum atomic E-state index is 13.9. The number of nitrogens with two attached hydrogens (primary N) is 1. The molecule has 3 aromatic rings. The molecular weight excluding hydrogens is 465 g/mol. The Labute approximate surface area is 199 Å². The van der Waals surface area contributed by atoms with E-state index in [9.17, 15) is 18.8 Å². The summed E-state index contributed by atoms with van der Waals surface area (Å²) >= 11 is 5.89. The van der Waals surface area contributed by atoms with E-state index >= 15 is 0 Å². The second-order valence-corrected chi connectivity index (χ2v) is 8.84. The van der Waals surface area contributed by atoms with E-state index in [0.717, 1.165) is 10.1 Å². The average molecular weight is 488 g/mol. The van der Waals surface area contributed by atoms with Gasteiger partial charge in [0.2, 0.25) is 5.91 Å². The summed E-state index contributed by atoms with van der Waals surface area (Å²) < 4.78 is 20.3. The first-order valence-corrected chi connectivity index (χ1v) is 10.8. The zero-order chi connectivity index (χ0) is 24.6. The Morgan fingerprint density at radius 2 is 1.94 bits per heavy atom. The van der Waals surface area contributed by atoms with E-state index in [1.54, 1.807) is 24.3 Å². The van der Waals surface area contributed by atoms with Crippen LogP contribution in [-0.2, 0) is 17.9 Å². The molecule has 0 spiro atoms. The number of nitrogen functional groups attached to an aromatic ring is 1. The molecule has 34 heavy (non-hydrogen) atoms. The molecular formula is C23H23ClFN5O4. The van der Waals surface area contributed by atoms with Gasteiger partial charge in [0.25, 0.3) is 11.5 Å². The highest BCUT2D eigenvalue weighted by molar-refractivity contribution is 6.30. The van der Waals surface area contributed by atoms with Crippen LogP contribution in [0.15, 0.2) is 41.2 Å². The van der Waals surface area contributed by atoms with Crippen LogP contribution in [-0.4, -0.2) is 52.1 Å². The first kappa shape index (κ1) is 23.5. The number of methoxy groups -OCH3 is 1. The predicted octanol–water partition coefficient (Wildman–Crippen LogP) is 2.14. The van der Waals surface area contributed by atoms with E-state index in [1.807, 2.05) is 0 Å². The van der Waals surface area contributed by atoms with E-state index in [2.05, 4.69) is 10.3 Å². The highest BCUT2D eigenvalue weighted by atomic mass is 35.5. The third kappa shape index (κ3) is 4.67. The predicted molar refractivity (Wildman–Crippen MR) is 126 cm³/mol. The number of ether oxygens (including phenoxy) is 1. The first-order valence-electron chi connectivity index (χ1n) is 10.5. The minimum absolute atomic E-state index is 0.0708. The molecule has 4 rings (SSSR count). The number of hydrogen-bond donors (Lipinski definition) is 2. The maximum absolute atomic E-state index is 13.9. The van der Waals surface area contributed by atoms with Gasteiger partial charge < -0.3 is 20.7 Å². The topological polar surface area (TPSA) is 120 Å². The monoisotopic (exact) mass is 487 g/mol. The highest BCUT2D eigenvalue weighted by Crippen LogP contribution is 2.28. The van der Waals surface area contributed by atoms with Crippen molar-refractivity contribution in [1.82, 2.24) is 19.8 Å². The van der Waals surface area contributed by atoms with E-state index in [1.165, 1.54) is 31.1 Å². The van der Waals surface area contributed by atoms with Crippen molar-refractivity contribution < 1.29 is 18.7 Å². The lowest BCUT2D eigenvalue weighted by molar-refractivity contribution is -0.144. The first-order chi connectivity index (χ1) is 16.1. The molecule has 1 aliphatic rings. The molecule has 0 saturated carbocycles. The van der Waals surface area contributed by atoms with E-state index in [0.29, 0.717) is 10.4 Å². The van der Waals surface area contributed by atoms with E-state index in [-0.39, 0.29) is 42.4 Å². The largest absolute Gasteiger partial charge is 0.496 e. The van der Waals surface area contributed by atoms with Gasteiger partial charge in [0.15, 0.2) is 0 Å². The molecule has 2 aromatic heterocycles. The molecule has 9 nitrogen and oxygen atoms in total. The van der Waals surface area contributed by atoms with Gasteiger partial charge in [-0.05, 0) is 30.7 Å². The van der Waals surface area contributed by atoms with Crippen molar-refractivity contribution in [3.8, 4) is 5.75 Å². The van der Waals surface area contributed by atoms with E-state index < -0.39 is 29.6 Å². The molecule has 0 bridgehead atoms. The van der Waals surface area contributed by atoms with Crippen LogP contribution in [0, 0.1) is 0 Å². The molecule has 1 fully saturated rings. The number of nitrogens with zero attached hydrogens (tertiary/aromatic N) is 3. The number of likely N-dealkylation sites (tertiary alicyclic amines) is 1. The lowest BCUT2D eigenvalue weighted by Crippen LogP contribution is -2.60. The van der Waals surface area contributed by atoms with Gasteiger partial charge in [-0.3, -0.25) is 19.0 Å². The molecule has 3 N–H and O–H groups in total. The van der Waals surface area contributed by atoms with Gasteiger partial charge in [-0.15, -0.1) is 0 Å². The van der Waals surface area contributed by atoms with Crippen molar-refractivity contribution >= 4 is 40.3 Å². The molecule has 0 aliphatic carbocycles. The molecule has 0 unspecified atom stereocenters. The molecule has 1 aromatic carbocycles. The Hall–Kier alpha value is -3.66. The highest BCUT2D eigenvalue weighted by Gasteiger charge is 2.41. The summed E-state index contributed by atoms with van der Waals surface area (Å²) in [6.45, 7) is 0.990. The number of rotatable bonds is 6. The number of fused-ring (bicyclic) bond motifs is 1. The number of benzene rings is 1. The molecule has 0 radical (unpaired) electrons. The Kier molecular flexibility index (Phi) is 6.18. The average Bonchev–Trinajstić information content (AvgIpc) is 2.78. The summed E-state index contributed by atoms with van der Waals surface area (Å²) in [5, 5.41) is 3.59. The quantitative estimate of drug-likeness (QED) is 0.549. The van der Waals surface area contributed by atoms with Crippen molar-refractivity contribution in [1.29, 1.82) is 0 Å². The number of halogens is 2. The standard InChI is InChI=1S/C23H23ClFN5O4/c1-23(25)11-29(12-23)19(31)10-30-20-15(17(34-2)8-18(26)28-20)7-16(22(30)33)21(32)27-9-13-3-5-14(24)6-4-13/h3-8H,9-12H2,1-2H3,(H2,26,28)(H,27,32). The summed E-state index contributed by atoms with van der Waals surface area (Å²) in [6.07, 6.45) is 0. The van der Waals surface area contributed by atoms with Gasteiger partial charge in [-0.2, -0.15) is 0 Å². The number of pyridine rings is 2. The van der Waals surface area contributed by atoms with Crippen LogP contribution in [0.3, 0.4) is 0 Å². The molecule has 2 amide bonds. The fraction of sp³-hybridized carbons (Fsp3) is 0.304. The van der Waals surface area contributed by atoms with Gasteiger partial charge in [0.05, 0.1) is 25.6 Å². The van der Waals surface area contributed by atoms with Gasteiger partial charge >= 0.3 is 0 Å². The Morgan fingerprint density at radius 1 is 1.26 bits per heavy atom. The summed E-state index contributed by atoms with van der Waals surface area (Å²) in [4.78, 5) is 44.5. The number of aromatic nitrogens is 2. The number of carbonyl (C=O) groups excluding carboxylic acids is 2. The zero-order valence-corrected chi connectivity index (χ0v) is 19.4. The van der Waals surface area contributed by atoms with Crippen LogP contribution < -0.4 is 21.3 Å². The number of nitrogens with one attached hydrogen (secondary N) is 1. The lowest BCUT2D eigenvalue weighted by atomic mass is 9.99. The zero-order valence-electron chi connectivity index (χ0n) is 18.6. The van der Waals surface area contributed by atoms with Crippen LogP contribution in [0.1, 0.15) is 22.8 Å². The minimum Gasteiger partial charge on any atom is -0.496 e. The third-order valence-corrected chi connectivity index (χ3v) is 5.81. The lowest BCUT2D eigenvalue weighted by Gasteiger charge is -2.42. The summed E-state index contributed by atoms with van der Waals surface area (Å²) in [7, 11) is 1.41. The van der Waals surface area contributed by atoms with Gasteiger partial charge in [0, 0.05) is 17.6 Å². The fourth-order valence-corrected chi connectivity index (χ4v) is 3.97. The number of alkyl halides is 1. The summed E-state index contributed by atoms with van der Waals surface area (Å²) in [5.74, 6) is -0.747. The third-order valence-electron chi connectivity index (χ3n) is 5.56. The van der Waals surface area contributed by atoms with Crippen LogP contribution >= 0.6 is 11.6 Å². The Balaban J connectivity index is 1.71. The minimum atomic E-state index is -1.46. The Morgan fingerprint density at radius 3 is 2.56 bits per heavy atom. The SMILES string of the molecule is COc1cc(N)nc2c1cc(C(=O)NCc1ccc(Cl)cc1)c(=O)n2CC(=O)N1CC(C)(F)C1. The van der Waals surface area contributed by atoms with Crippen LogP contribution in [0.2, 0.25) is 5.02 Å². The number of carbonyl (C=O) groups is 2. The molecule has 1 saturated heterocycles. The molecule has 11 heteroatoms. The summed E-state index contributed by atoms with van der Waals surface area (Å²) in [5.41, 5.74) is 4.36. The van der Waals surface area contributed by atoms with Crippen molar-refractivity contribution in [3.05, 3.63) is 62.9 Å². The van der Waals surface area contributed by atoms with Crippen LogP contribution in [0.25, 0.3) is 11.0 Å². The van der Waals surface area contributed by atoms with Gasteiger partial charge in [0.1, 0.15) is 35.0 Å². The number of amides is 2. The van der Waals surface area contributed by atoms with Gasteiger partial charge in [-0.25, -0.2) is 9.37 Å². The van der Waals surface area contributed by atoms with Crippen molar-refractivity contribution in [2.75, 3.05) is 25.9 Å². The number of anilines is 1. The second kappa shape index (κ2) is 8.94. The maximum Gasteiger partial charge on any atom is 0.265 e. The van der Waals surface area contributed by atoms with Crippen LogP contribution in [0.5, 0.6) is 5.75 Å². The summed E-state index contributed by atoms with van der Waals surface area (Å²) in [6, 6.07) is 9.71. The van der Waals surface area contributed by atoms with Crippen molar-refractivity contribution in [2.45, 2.75) is 25.7 Å². The molecule has 1 aliphatic heterocycles. The van der Waals surface area contributed by atoms with E-state index in [4.69, 9.17) is 22.1 Å². The molecule has 3 heterocycles. The normalized spacial score (nSPS) is 14.5.